The van der Waals surface area contributed by atoms with Gasteiger partial charge in [0.05, 0.1) is 11.7 Å². The van der Waals surface area contributed by atoms with Crippen molar-refractivity contribution in [3.63, 3.8) is 0 Å². The number of amides is 1. The van der Waals surface area contributed by atoms with Crippen LogP contribution >= 0.6 is 0 Å². The van der Waals surface area contributed by atoms with E-state index >= 15 is 0 Å². The first-order valence-corrected chi connectivity index (χ1v) is 7.95. The Hall–Kier alpha value is -1.85. The number of nitrogens with zero attached hydrogens (tertiary/aromatic N) is 2. The van der Waals surface area contributed by atoms with Gasteiger partial charge in [-0.05, 0) is 45.6 Å². The Balaban J connectivity index is 0.000000847. The topological polar surface area (TPSA) is 75.3 Å². The number of H-pyrrole nitrogens is 1. The van der Waals surface area contributed by atoms with E-state index in [1.807, 2.05) is 34.6 Å². The van der Waals surface area contributed by atoms with E-state index in [-0.39, 0.29) is 23.7 Å². The Morgan fingerprint density at radius 2 is 2.05 bits per heavy atom. The number of ether oxygens (including phenoxy) is 1. The van der Waals surface area contributed by atoms with Gasteiger partial charge in [-0.25, -0.2) is 9.89 Å². The molecule has 2 atom stereocenters. The van der Waals surface area contributed by atoms with E-state index in [2.05, 4.69) is 10.2 Å². The van der Waals surface area contributed by atoms with Crippen LogP contribution < -0.4 is 5.56 Å². The quantitative estimate of drug-likeness (QED) is 0.799. The number of rotatable bonds is 0. The second-order valence-electron chi connectivity index (χ2n) is 6.48. The minimum Gasteiger partial charge on any atom is -0.444 e. The van der Waals surface area contributed by atoms with Crippen molar-refractivity contribution in [2.45, 2.75) is 71.6 Å². The summed E-state index contributed by atoms with van der Waals surface area (Å²) in [6, 6.07) is 1.64. The van der Waals surface area contributed by atoms with Gasteiger partial charge >= 0.3 is 6.09 Å². The molecular formula is C16H25N3O3. The lowest BCUT2D eigenvalue weighted by Gasteiger charge is -2.36. The van der Waals surface area contributed by atoms with Gasteiger partial charge < -0.3 is 4.74 Å². The highest BCUT2D eigenvalue weighted by Crippen LogP contribution is 2.42. The average Bonchev–Trinajstić information content (AvgIpc) is 2.75. The second-order valence-corrected chi connectivity index (χ2v) is 6.48. The minimum absolute atomic E-state index is 0.0737. The molecule has 0 aliphatic carbocycles. The fourth-order valence-corrected chi connectivity index (χ4v) is 3.10. The van der Waals surface area contributed by atoms with Crippen LogP contribution in [0.4, 0.5) is 4.79 Å². The van der Waals surface area contributed by atoms with Crippen molar-refractivity contribution >= 4 is 6.09 Å². The van der Waals surface area contributed by atoms with Gasteiger partial charge in [0.15, 0.2) is 0 Å². The molecule has 2 bridgehead atoms. The predicted octanol–water partition coefficient (Wildman–Crippen LogP) is 2.79. The third-order valence-electron chi connectivity index (χ3n) is 3.80. The zero-order valence-corrected chi connectivity index (χ0v) is 14.0. The molecule has 1 fully saturated rings. The van der Waals surface area contributed by atoms with E-state index in [9.17, 15) is 9.59 Å². The maximum absolute atomic E-state index is 12.4. The van der Waals surface area contributed by atoms with E-state index in [1.165, 1.54) is 0 Å². The smallest absolute Gasteiger partial charge is 0.411 e. The van der Waals surface area contributed by atoms with Gasteiger partial charge in [-0.1, -0.05) is 13.8 Å². The number of carbonyl (C=O) groups is 1. The summed E-state index contributed by atoms with van der Waals surface area (Å²) < 4.78 is 5.48. The second kappa shape index (κ2) is 6.10. The maximum Gasteiger partial charge on any atom is 0.411 e. The van der Waals surface area contributed by atoms with Crippen molar-refractivity contribution in [2.24, 2.45) is 0 Å². The molecule has 0 spiro atoms. The molecule has 2 unspecified atom stereocenters. The Labute approximate surface area is 130 Å². The molecule has 1 aromatic rings. The van der Waals surface area contributed by atoms with E-state index < -0.39 is 5.60 Å². The molecule has 122 valence electrons. The molecule has 0 radical (unpaired) electrons. The molecule has 3 rings (SSSR count). The third-order valence-corrected chi connectivity index (χ3v) is 3.80. The van der Waals surface area contributed by atoms with Crippen molar-refractivity contribution in [1.29, 1.82) is 0 Å². The van der Waals surface area contributed by atoms with Crippen molar-refractivity contribution in [2.75, 3.05) is 0 Å². The molecule has 6 heteroatoms. The zero-order chi connectivity index (χ0) is 16.5. The van der Waals surface area contributed by atoms with Gasteiger partial charge in [0, 0.05) is 12.1 Å². The lowest BCUT2D eigenvalue weighted by atomic mass is 9.99. The molecule has 22 heavy (non-hydrogen) atoms. The Kier molecular flexibility index (Phi) is 4.58. The molecular weight excluding hydrogens is 282 g/mol. The summed E-state index contributed by atoms with van der Waals surface area (Å²) in [6.07, 6.45) is 2.19. The zero-order valence-electron chi connectivity index (χ0n) is 14.0. The summed E-state index contributed by atoms with van der Waals surface area (Å²) in [6.45, 7) is 9.58. The van der Waals surface area contributed by atoms with Crippen molar-refractivity contribution in [1.82, 2.24) is 15.1 Å². The van der Waals surface area contributed by atoms with Crippen LogP contribution in [-0.4, -0.2) is 32.8 Å². The van der Waals surface area contributed by atoms with Gasteiger partial charge in [0.1, 0.15) is 5.60 Å². The molecule has 0 aromatic carbocycles. The predicted molar refractivity (Wildman–Crippen MR) is 83.7 cm³/mol. The van der Waals surface area contributed by atoms with E-state index in [0.29, 0.717) is 6.42 Å². The largest absolute Gasteiger partial charge is 0.444 e. The molecule has 1 aromatic heterocycles. The maximum atomic E-state index is 12.4. The molecule has 2 aliphatic rings. The summed E-state index contributed by atoms with van der Waals surface area (Å²) in [5, 5.41) is 6.61. The van der Waals surface area contributed by atoms with Crippen LogP contribution in [-0.2, 0) is 11.2 Å². The van der Waals surface area contributed by atoms with Crippen molar-refractivity contribution in [3.05, 3.63) is 27.7 Å². The lowest BCUT2D eigenvalue weighted by Crippen LogP contribution is -2.45. The van der Waals surface area contributed by atoms with Gasteiger partial charge in [-0.2, -0.15) is 5.10 Å². The molecule has 1 N–H and O–H groups in total. The van der Waals surface area contributed by atoms with Crippen LogP contribution in [0.15, 0.2) is 10.9 Å². The highest BCUT2D eigenvalue weighted by atomic mass is 16.6. The summed E-state index contributed by atoms with van der Waals surface area (Å²) in [5.41, 5.74) is 1.08. The van der Waals surface area contributed by atoms with Crippen molar-refractivity contribution in [3.8, 4) is 0 Å². The first kappa shape index (κ1) is 16.5. The van der Waals surface area contributed by atoms with E-state index in [0.717, 1.165) is 24.1 Å². The average molecular weight is 307 g/mol. The van der Waals surface area contributed by atoms with E-state index in [4.69, 9.17) is 4.74 Å². The molecule has 1 saturated heterocycles. The monoisotopic (exact) mass is 307 g/mol. The number of nitrogens with one attached hydrogen (secondary N) is 1. The lowest BCUT2D eigenvalue weighted by molar-refractivity contribution is 0.0119. The number of hydrogen-bond acceptors (Lipinski definition) is 4. The highest BCUT2D eigenvalue weighted by molar-refractivity contribution is 5.70. The molecule has 1 amide bonds. The third kappa shape index (κ3) is 3.15. The van der Waals surface area contributed by atoms with Crippen LogP contribution in [0.2, 0.25) is 0 Å². The van der Waals surface area contributed by atoms with Gasteiger partial charge in [0.25, 0.3) is 5.56 Å². The minimum atomic E-state index is -0.505. The van der Waals surface area contributed by atoms with Crippen LogP contribution in [0.3, 0.4) is 0 Å². The first-order chi connectivity index (χ1) is 10.3. The number of fused-ring (bicyclic) bond motifs is 4. The molecule has 6 nitrogen and oxygen atoms in total. The number of aromatic amines is 1. The van der Waals surface area contributed by atoms with Crippen molar-refractivity contribution < 1.29 is 9.53 Å². The summed E-state index contributed by atoms with van der Waals surface area (Å²) in [4.78, 5) is 25.5. The number of aromatic nitrogens is 2. The normalized spacial score (nSPS) is 22.5. The van der Waals surface area contributed by atoms with Gasteiger partial charge in [0.2, 0.25) is 0 Å². The highest BCUT2D eigenvalue weighted by Gasteiger charge is 2.45. The molecule has 0 saturated carbocycles. The number of carbonyl (C=O) groups excluding carboxylic acids is 1. The summed E-state index contributed by atoms with van der Waals surface area (Å²) in [7, 11) is 0. The van der Waals surface area contributed by atoms with E-state index in [1.54, 1.807) is 11.0 Å². The number of hydrogen-bond donors (Lipinski definition) is 1. The fraction of sp³-hybridized carbons (Fsp3) is 0.688. The SMILES string of the molecule is CC.CC(C)(C)OC(=O)N1C2CCC1c1n[nH]c(=O)cc1C2. The molecule has 3 heterocycles. The first-order valence-electron chi connectivity index (χ1n) is 7.95. The summed E-state index contributed by atoms with van der Waals surface area (Å²) >= 11 is 0. The molecule has 2 aliphatic heterocycles. The van der Waals surface area contributed by atoms with Crippen LogP contribution in [0.1, 0.15) is 64.8 Å². The Morgan fingerprint density at radius 1 is 1.36 bits per heavy atom. The van der Waals surface area contributed by atoms with Gasteiger partial charge in [-0.3, -0.25) is 9.69 Å². The fourth-order valence-electron chi connectivity index (χ4n) is 3.10. The Bertz CT molecular complexity index is 603. The van der Waals surface area contributed by atoms with Crippen LogP contribution in [0, 0.1) is 0 Å². The standard InChI is InChI=1S/C14H19N3O3.C2H6/c1-14(2,3)20-13(19)17-9-4-5-10(17)12-8(6-9)7-11(18)15-16-12;1-2/h7,9-10H,4-6H2,1-3H3,(H,15,18);1-2H3. The van der Waals surface area contributed by atoms with Crippen LogP contribution in [0.5, 0.6) is 0 Å². The summed E-state index contributed by atoms with van der Waals surface area (Å²) in [5.74, 6) is 0. The van der Waals surface area contributed by atoms with Gasteiger partial charge in [-0.15, -0.1) is 0 Å². The van der Waals surface area contributed by atoms with Crippen LogP contribution in [0.25, 0.3) is 0 Å². The Morgan fingerprint density at radius 3 is 2.68 bits per heavy atom.